The summed E-state index contributed by atoms with van der Waals surface area (Å²) in [5, 5.41) is 15.3. The van der Waals surface area contributed by atoms with E-state index in [0.29, 0.717) is 13.2 Å². The molecule has 0 N–H and O–H groups in total. The topological polar surface area (TPSA) is 79.9 Å². The maximum absolute atomic E-state index is 5.88. The third-order valence-electron chi connectivity index (χ3n) is 3.72. The van der Waals surface area contributed by atoms with E-state index in [9.17, 15) is 0 Å². The van der Waals surface area contributed by atoms with Crippen LogP contribution in [-0.2, 0) is 0 Å². The van der Waals surface area contributed by atoms with Crippen molar-refractivity contribution in [2.75, 3.05) is 13.2 Å². The van der Waals surface area contributed by atoms with Crippen molar-refractivity contribution in [1.29, 1.82) is 0 Å². The zero-order valence-electron chi connectivity index (χ0n) is 13.8. The van der Waals surface area contributed by atoms with Crippen LogP contribution in [0.5, 0.6) is 11.5 Å². The fourth-order valence-corrected chi connectivity index (χ4v) is 2.54. The van der Waals surface area contributed by atoms with E-state index in [4.69, 9.17) is 9.47 Å². The van der Waals surface area contributed by atoms with Crippen LogP contribution in [0.15, 0.2) is 73.8 Å². The summed E-state index contributed by atoms with van der Waals surface area (Å²) >= 11 is 0. The molecule has 8 heteroatoms. The summed E-state index contributed by atoms with van der Waals surface area (Å²) in [7, 11) is 0. The van der Waals surface area contributed by atoms with Crippen LogP contribution in [0.3, 0.4) is 0 Å². The van der Waals surface area contributed by atoms with Gasteiger partial charge in [0.25, 0.3) is 0 Å². The van der Waals surface area contributed by atoms with Gasteiger partial charge in [0.05, 0.1) is 11.4 Å². The Bertz CT molecular complexity index is 874. The van der Waals surface area contributed by atoms with Crippen molar-refractivity contribution in [3.8, 4) is 22.9 Å². The van der Waals surface area contributed by atoms with Gasteiger partial charge >= 0.3 is 0 Å². The minimum absolute atomic E-state index is 0.398. The van der Waals surface area contributed by atoms with Crippen molar-refractivity contribution in [2.45, 2.75) is 0 Å². The second-order valence-electron chi connectivity index (χ2n) is 5.37. The van der Waals surface area contributed by atoms with Crippen molar-refractivity contribution >= 4 is 0 Å². The summed E-state index contributed by atoms with van der Waals surface area (Å²) in [5.41, 5.74) is 1.75. The predicted molar refractivity (Wildman–Crippen MR) is 93.7 cm³/mol. The first kappa shape index (κ1) is 15.8. The Morgan fingerprint density at radius 3 is 1.38 bits per heavy atom. The average molecular weight is 348 g/mol. The molecule has 0 unspecified atom stereocenters. The quantitative estimate of drug-likeness (QED) is 0.477. The van der Waals surface area contributed by atoms with Crippen LogP contribution in [0.1, 0.15) is 0 Å². The first-order valence-electron chi connectivity index (χ1n) is 8.05. The van der Waals surface area contributed by atoms with Crippen molar-refractivity contribution in [3.63, 3.8) is 0 Å². The molecular weight excluding hydrogens is 332 g/mol. The molecule has 0 aliphatic carbocycles. The Balaban J connectivity index is 1.40. The number of ether oxygens (including phenoxy) is 2. The van der Waals surface area contributed by atoms with Crippen molar-refractivity contribution in [3.05, 3.63) is 73.8 Å². The first-order chi connectivity index (χ1) is 12.9. The van der Waals surface area contributed by atoms with Gasteiger partial charge in [-0.1, -0.05) is 24.3 Å². The lowest BCUT2D eigenvalue weighted by Crippen LogP contribution is -2.11. The molecule has 4 rings (SSSR count). The number of hydrogen-bond donors (Lipinski definition) is 0. The molecule has 8 nitrogen and oxygen atoms in total. The van der Waals surface area contributed by atoms with Gasteiger partial charge in [0.15, 0.2) is 0 Å². The highest BCUT2D eigenvalue weighted by Gasteiger charge is 2.07. The largest absolute Gasteiger partial charge is 0.488 e. The molecule has 130 valence electrons. The SMILES string of the molecule is c1ccc(-n2cnnc2)c(OCCOc2ccccc2-n2cnnc2)c1. The molecular formula is C18H16N6O2. The number of hydrogen-bond acceptors (Lipinski definition) is 6. The van der Waals surface area contributed by atoms with E-state index in [0.717, 1.165) is 22.9 Å². The van der Waals surface area contributed by atoms with Gasteiger partial charge in [0.1, 0.15) is 50.0 Å². The van der Waals surface area contributed by atoms with Crippen LogP contribution < -0.4 is 9.47 Å². The lowest BCUT2D eigenvalue weighted by Gasteiger charge is -2.14. The van der Waals surface area contributed by atoms with Gasteiger partial charge in [-0.15, -0.1) is 20.4 Å². The summed E-state index contributed by atoms with van der Waals surface area (Å²) in [4.78, 5) is 0. The fraction of sp³-hybridized carbons (Fsp3) is 0.111. The summed E-state index contributed by atoms with van der Waals surface area (Å²) in [6.45, 7) is 0.797. The molecule has 2 heterocycles. The summed E-state index contributed by atoms with van der Waals surface area (Å²) in [5.74, 6) is 1.48. The molecule has 0 atom stereocenters. The summed E-state index contributed by atoms with van der Waals surface area (Å²) in [6, 6.07) is 15.4. The molecule has 2 aromatic carbocycles. The highest BCUT2D eigenvalue weighted by Crippen LogP contribution is 2.23. The lowest BCUT2D eigenvalue weighted by molar-refractivity contribution is 0.216. The average Bonchev–Trinajstić information content (AvgIpc) is 3.40. The molecule has 2 aromatic heterocycles. The van der Waals surface area contributed by atoms with Gasteiger partial charge in [-0.05, 0) is 24.3 Å². The van der Waals surface area contributed by atoms with E-state index < -0.39 is 0 Å². The molecule has 0 aliphatic heterocycles. The lowest BCUT2D eigenvalue weighted by atomic mass is 10.3. The van der Waals surface area contributed by atoms with E-state index in [2.05, 4.69) is 20.4 Å². The Morgan fingerprint density at radius 1 is 0.577 bits per heavy atom. The van der Waals surface area contributed by atoms with E-state index in [1.54, 1.807) is 34.4 Å². The predicted octanol–water partition coefficient (Wildman–Crippen LogP) is 2.31. The molecule has 0 spiro atoms. The molecule has 0 aliphatic rings. The highest BCUT2D eigenvalue weighted by atomic mass is 16.5. The molecule has 26 heavy (non-hydrogen) atoms. The fourth-order valence-electron chi connectivity index (χ4n) is 2.54. The standard InChI is InChI=1S/C18H16N6O2/c1-3-7-17(15(5-1)23-11-19-20-12-23)25-9-10-26-18-8-4-2-6-16(18)24-13-21-22-14-24/h1-8,11-14H,9-10H2. The number of aromatic nitrogens is 6. The second-order valence-corrected chi connectivity index (χ2v) is 5.37. The second kappa shape index (κ2) is 7.47. The van der Waals surface area contributed by atoms with Crippen LogP contribution in [0.2, 0.25) is 0 Å². The van der Waals surface area contributed by atoms with Crippen molar-refractivity contribution < 1.29 is 9.47 Å². The van der Waals surface area contributed by atoms with E-state index in [1.807, 2.05) is 48.5 Å². The number of rotatable bonds is 7. The molecule has 4 aromatic rings. The van der Waals surface area contributed by atoms with E-state index in [1.165, 1.54) is 0 Å². The number of para-hydroxylation sites is 4. The van der Waals surface area contributed by atoms with Gasteiger partial charge in [-0.3, -0.25) is 9.13 Å². The normalized spacial score (nSPS) is 10.6. The van der Waals surface area contributed by atoms with Crippen molar-refractivity contribution in [2.24, 2.45) is 0 Å². The van der Waals surface area contributed by atoms with E-state index >= 15 is 0 Å². The highest BCUT2D eigenvalue weighted by molar-refractivity contribution is 5.47. The number of nitrogens with zero attached hydrogens (tertiary/aromatic N) is 6. The summed E-state index contributed by atoms with van der Waals surface area (Å²) < 4.78 is 15.4. The molecule has 0 saturated heterocycles. The Kier molecular flexibility index (Phi) is 4.55. The van der Waals surface area contributed by atoms with Crippen LogP contribution in [0.4, 0.5) is 0 Å². The Morgan fingerprint density at radius 2 is 0.962 bits per heavy atom. The molecule has 0 bridgehead atoms. The first-order valence-corrected chi connectivity index (χ1v) is 8.05. The van der Waals surface area contributed by atoms with Crippen LogP contribution in [0, 0.1) is 0 Å². The zero-order valence-corrected chi connectivity index (χ0v) is 13.8. The van der Waals surface area contributed by atoms with Gasteiger partial charge < -0.3 is 9.47 Å². The number of benzene rings is 2. The van der Waals surface area contributed by atoms with Gasteiger partial charge in [-0.25, -0.2) is 0 Å². The zero-order chi connectivity index (χ0) is 17.6. The van der Waals surface area contributed by atoms with Crippen molar-refractivity contribution in [1.82, 2.24) is 29.5 Å². The van der Waals surface area contributed by atoms with E-state index in [-0.39, 0.29) is 0 Å². The Hall–Kier alpha value is -3.68. The molecule has 0 radical (unpaired) electrons. The summed E-state index contributed by atoms with van der Waals surface area (Å²) in [6.07, 6.45) is 6.53. The molecule has 0 amide bonds. The van der Waals surface area contributed by atoms with Gasteiger partial charge in [0.2, 0.25) is 0 Å². The van der Waals surface area contributed by atoms with Crippen LogP contribution >= 0.6 is 0 Å². The maximum atomic E-state index is 5.88. The minimum Gasteiger partial charge on any atom is -0.488 e. The smallest absolute Gasteiger partial charge is 0.143 e. The van der Waals surface area contributed by atoms with Gasteiger partial charge in [0, 0.05) is 0 Å². The third-order valence-corrected chi connectivity index (χ3v) is 3.72. The minimum atomic E-state index is 0.398. The molecule has 0 fully saturated rings. The third kappa shape index (κ3) is 3.39. The monoisotopic (exact) mass is 348 g/mol. The molecule has 0 saturated carbocycles. The van der Waals surface area contributed by atoms with Crippen LogP contribution in [-0.4, -0.2) is 42.7 Å². The van der Waals surface area contributed by atoms with Crippen LogP contribution in [0.25, 0.3) is 11.4 Å². The van der Waals surface area contributed by atoms with Gasteiger partial charge in [-0.2, -0.15) is 0 Å². The maximum Gasteiger partial charge on any atom is 0.143 e. The Labute approximate surface area is 149 Å².